The van der Waals surface area contributed by atoms with Gasteiger partial charge in [0.25, 0.3) is 6.43 Å². The highest BCUT2D eigenvalue weighted by atomic mass is 19.3. The molecule has 0 aromatic carbocycles. The average Bonchev–Trinajstić information content (AvgIpc) is 2.06. The van der Waals surface area contributed by atoms with Crippen molar-refractivity contribution in [1.82, 2.24) is 9.97 Å². The van der Waals surface area contributed by atoms with Crippen LogP contribution in [-0.4, -0.2) is 16.5 Å². The standard InChI is InChI=1S/C7H9F2N3/c8-6(9)7-11-3-5(1-2-10)4-12-7/h3-4,6H,1-2,10H2. The first kappa shape index (κ1) is 8.99. The van der Waals surface area contributed by atoms with Crippen LogP contribution in [0.2, 0.25) is 0 Å². The van der Waals surface area contributed by atoms with Crippen molar-refractivity contribution in [2.75, 3.05) is 6.54 Å². The molecule has 1 rings (SSSR count). The number of alkyl halides is 2. The third kappa shape index (κ3) is 2.20. The summed E-state index contributed by atoms with van der Waals surface area (Å²) >= 11 is 0. The van der Waals surface area contributed by atoms with E-state index in [1.165, 1.54) is 12.4 Å². The molecule has 3 nitrogen and oxygen atoms in total. The molecule has 0 spiro atoms. The van der Waals surface area contributed by atoms with Gasteiger partial charge in [0.2, 0.25) is 0 Å². The normalized spacial score (nSPS) is 10.7. The number of aromatic nitrogens is 2. The topological polar surface area (TPSA) is 51.8 Å². The van der Waals surface area contributed by atoms with E-state index in [0.29, 0.717) is 13.0 Å². The Labute approximate surface area is 68.6 Å². The number of hydrogen-bond donors (Lipinski definition) is 1. The Kier molecular flexibility index (Phi) is 3.04. The molecule has 5 heteroatoms. The van der Waals surface area contributed by atoms with E-state index in [1.54, 1.807) is 0 Å². The van der Waals surface area contributed by atoms with E-state index < -0.39 is 12.2 Å². The molecule has 0 aliphatic rings. The van der Waals surface area contributed by atoms with E-state index in [2.05, 4.69) is 9.97 Å². The second-order valence-corrected chi connectivity index (χ2v) is 2.29. The summed E-state index contributed by atoms with van der Waals surface area (Å²) < 4.78 is 23.9. The van der Waals surface area contributed by atoms with Crippen molar-refractivity contribution in [3.05, 3.63) is 23.8 Å². The molecular weight excluding hydrogens is 164 g/mol. The molecule has 0 saturated carbocycles. The van der Waals surface area contributed by atoms with Gasteiger partial charge in [0, 0.05) is 12.4 Å². The van der Waals surface area contributed by atoms with E-state index in [9.17, 15) is 8.78 Å². The highest BCUT2D eigenvalue weighted by Gasteiger charge is 2.08. The molecule has 0 fully saturated rings. The predicted molar refractivity (Wildman–Crippen MR) is 39.7 cm³/mol. The second-order valence-electron chi connectivity index (χ2n) is 2.29. The zero-order valence-electron chi connectivity index (χ0n) is 6.37. The van der Waals surface area contributed by atoms with Crippen LogP contribution in [0.25, 0.3) is 0 Å². The number of nitrogens with zero attached hydrogens (tertiary/aromatic N) is 2. The summed E-state index contributed by atoms with van der Waals surface area (Å²) in [5.74, 6) is -0.434. The zero-order valence-corrected chi connectivity index (χ0v) is 6.37. The number of hydrogen-bond acceptors (Lipinski definition) is 3. The number of rotatable bonds is 3. The molecule has 0 bridgehead atoms. The van der Waals surface area contributed by atoms with Gasteiger partial charge in [-0.15, -0.1) is 0 Å². The summed E-state index contributed by atoms with van der Waals surface area (Å²) in [6.07, 6.45) is 0.767. The van der Waals surface area contributed by atoms with Gasteiger partial charge >= 0.3 is 0 Å². The zero-order chi connectivity index (χ0) is 8.97. The Morgan fingerprint density at radius 1 is 1.33 bits per heavy atom. The first-order valence-corrected chi connectivity index (χ1v) is 3.53. The van der Waals surface area contributed by atoms with Crippen LogP contribution in [0.4, 0.5) is 8.78 Å². The molecule has 0 radical (unpaired) electrons. The Hall–Kier alpha value is -1.10. The Bertz CT molecular complexity index is 235. The van der Waals surface area contributed by atoms with Crippen molar-refractivity contribution in [2.45, 2.75) is 12.8 Å². The summed E-state index contributed by atoms with van der Waals surface area (Å²) in [5, 5.41) is 0. The van der Waals surface area contributed by atoms with Crippen LogP contribution in [0.3, 0.4) is 0 Å². The first-order valence-electron chi connectivity index (χ1n) is 3.53. The summed E-state index contributed by atoms with van der Waals surface area (Å²) in [6.45, 7) is 0.470. The lowest BCUT2D eigenvalue weighted by Gasteiger charge is -1.99. The second kappa shape index (κ2) is 4.06. The van der Waals surface area contributed by atoms with Gasteiger partial charge in [0.15, 0.2) is 5.82 Å². The lowest BCUT2D eigenvalue weighted by Crippen LogP contribution is -2.04. The third-order valence-electron chi connectivity index (χ3n) is 1.35. The molecule has 1 aromatic rings. The molecule has 0 saturated heterocycles. The van der Waals surface area contributed by atoms with Crippen LogP contribution >= 0.6 is 0 Å². The van der Waals surface area contributed by atoms with Crippen molar-refractivity contribution >= 4 is 0 Å². The summed E-state index contributed by atoms with van der Waals surface area (Å²) in [4.78, 5) is 6.96. The van der Waals surface area contributed by atoms with E-state index >= 15 is 0 Å². The van der Waals surface area contributed by atoms with Crippen LogP contribution in [0.1, 0.15) is 17.8 Å². The molecule has 66 valence electrons. The fourth-order valence-electron chi connectivity index (χ4n) is 0.773. The molecule has 0 unspecified atom stereocenters. The highest BCUT2D eigenvalue weighted by Crippen LogP contribution is 2.12. The summed E-state index contributed by atoms with van der Waals surface area (Å²) in [5.41, 5.74) is 6.03. The first-order chi connectivity index (χ1) is 5.74. The van der Waals surface area contributed by atoms with Crippen LogP contribution < -0.4 is 5.73 Å². The van der Waals surface area contributed by atoms with Crippen LogP contribution in [-0.2, 0) is 6.42 Å². The Balaban J connectivity index is 2.71. The van der Waals surface area contributed by atoms with E-state index in [4.69, 9.17) is 5.73 Å². The van der Waals surface area contributed by atoms with E-state index in [1.807, 2.05) is 0 Å². The lowest BCUT2D eigenvalue weighted by atomic mass is 10.2. The molecule has 0 aliphatic heterocycles. The van der Waals surface area contributed by atoms with Crippen molar-refractivity contribution in [3.63, 3.8) is 0 Å². The van der Waals surface area contributed by atoms with Crippen molar-refractivity contribution in [2.24, 2.45) is 5.73 Å². The van der Waals surface area contributed by atoms with Crippen molar-refractivity contribution in [3.8, 4) is 0 Å². The molecule has 12 heavy (non-hydrogen) atoms. The van der Waals surface area contributed by atoms with Crippen molar-refractivity contribution in [1.29, 1.82) is 0 Å². The van der Waals surface area contributed by atoms with Crippen molar-refractivity contribution < 1.29 is 8.78 Å². The van der Waals surface area contributed by atoms with Gasteiger partial charge in [-0.25, -0.2) is 18.7 Å². The van der Waals surface area contributed by atoms with Gasteiger partial charge in [-0.3, -0.25) is 0 Å². The monoisotopic (exact) mass is 173 g/mol. The van der Waals surface area contributed by atoms with Gasteiger partial charge in [-0.2, -0.15) is 0 Å². The number of nitrogens with two attached hydrogens (primary N) is 1. The predicted octanol–water partition coefficient (Wildman–Crippen LogP) is 0.915. The van der Waals surface area contributed by atoms with E-state index in [-0.39, 0.29) is 0 Å². The smallest absolute Gasteiger partial charge is 0.297 e. The SMILES string of the molecule is NCCc1cnc(C(F)F)nc1. The molecule has 0 aliphatic carbocycles. The molecule has 0 amide bonds. The number of halogens is 2. The van der Waals surface area contributed by atoms with Gasteiger partial charge in [0.05, 0.1) is 0 Å². The third-order valence-corrected chi connectivity index (χ3v) is 1.35. The lowest BCUT2D eigenvalue weighted by molar-refractivity contribution is 0.140. The minimum atomic E-state index is -2.60. The quantitative estimate of drug-likeness (QED) is 0.739. The molecule has 1 heterocycles. The largest absolute Gasteiger partial charge is 0.330 e. The maximum Gasteiger partial charge on any atom is 0.297 e. The van der Waals surface area contributed by atoms with Crippen LogP contribution in [0.5, 0.6) is 0 Å². The summed E-state index contributed by atoms with van der Waals surface area (Å²) in [6, 6.07) is 0. The Morgan fingerprint density at radius 3 is 2.33 bits per heavy atom. The van der Waals surface area contributed by atoms with Crippen LogP contribution in [0, 0.1) is 0 Å². The molecule has 2 N–H and O–H groups in total. The maximum atomic E-state index is 11.9. The molecule has 1 aromatic heterocycles. The highest BCUT2D eigenvalue weighted by molar-refractivity contribution is 5.05. The van der Waals surface area contributed by atoms with E-state index in [0.717, 1.165) is 5.56 Å². The van der Waals surface area contributed by atoms with Gasteiger partial charge in [-0.1, -0.05) is 0 Å². The maximum absolute atomic E-state index is 11.9. The minimum Gasteiger partial charge on any atom is -0.330 e. The van der Waals surface area contributed by atoms with Crippen LogP contribution in [0.15, 0.2) is 12.4 Å². The van der Waals surface area contributed by atoms with Gasteiger partial charge < -0.3 is 5.73 Å². The fourth-order valence-corrected chi connectivity index (χ4v) is 0.773. The van der Waals surface area contributed by atoms with Gasteiger partial charge in [-0.05, 0) is 18.5 Å². The minimum absolute atomic E-state index is 0.434. The molecule has 0 atom stereocenters. The fraction of sp³-hybridized carbons (Fsp3) is 0.429. The average molecular weight is 173 g/mol. The van der Waals surface area contributed by atoms with Gasteiger partial charge in [0.1, 0.15) is 0 Å². The summed E-state index contributed by atoms with van der Waals surface area (Å²) in [7, 11) is 0. The molecular formula is C7H9F2N3. The Morgan fingerprint density at radius 2 is 1.92 bits per heavy atom.